The first kappa shape index (κ1) is 21.7. The molecular weight excluding hydrogens is 414 g/mol. The highest BCUT2D eigenvalue weighted by molar-refractivity contribution is 6.33. The fraction of sp³-hybridized carbons (Fsp3) is 0.522. The van der Waals surface area contributed by atoms with E-state index in [0.717, 1.165) is 31.4 Å². The maximum absolute atomic E-state index is 12.6. The van der Waals surface area contributed by atoms with Crippen molar-refractivity contribution >= 4 is 34.7 Å². The molecule has 1 amide bonds. The second-order valence-corrected chi connectivity index (χ2v) is 9.12. The van der Waals surface area contributed by atoms with Crippen LogP contribution in [0.2, 0.25) is 5.02 Å². The predicted molar refractivity (Wildman–Crippen MR) is 123 cm³/mol. The Kier molecular flexibility index (Phi) is 6.51. The summed E-state index contributed by atoms with van der Waals surface area (Å²) in [7, 11) is 0. The topological polar surface area (TPSA) is 93.4 Å². The molecule has 0 spiro atoms. The van der Waals surface area contributed by atoms with Gasteiger partial charge in [0.2, 0.25) is 11.8 Å². The molecule has 1 aromatic heterocycles. The van der Waals surface area contributed by atoms with Crippen LogP contribution >= 0.6 is 11.6 Å². The fourth-order valence-corrected chi connectivity index (χ4v) is 4.39. The third-order valence-electron chi connectivity index (χ3n) is 6.06. The van der Waals surface area contributed by atoms with Crippen LogP contribution in [0.1, 0.15) is 51.0 Å². The number of anilines is 3. The molecule has 1 aliphatic heterocycles. The van der Waals surface area contributed by atoms with Crippen molar-refractivity contribution < 1.29 is 9.53 Å². The van der Waals surface area contributed by atoms with E-state index in [1.807, 2.05) is 19.9 Å². The summed E-state index contributed by atoms with van der Waals surface area (Å²) in [5.41, 5.74) is 7.89. The maximum atomic E-state index is 12.6. The second kappa shape index (κ2) is 9.30. The Hall–Kier alpha value is -2.54. The lowest BCUT2D eigenvalue weighted by Gasteiger charge is -2.27. The van der Waals surface area contributed by atoms with E-state index in [1.54, 1.807) is 12.1 Å². The summed E-state index contributed by atoms with van der Waals surface area (Å²) in [5.74, 6) is 2.09. The molecule has 166 valence electrons. The number of benzene rings is 1. The molecular formula is C23H30ClN5O2. The first-order chi connectivity index (χ1) is 14.9. The molecule has 2 aliphatic rings. The van der Waals surface area contributed by atoms with Crippen LogP contribution in [0.15, 0.2) is 24.5 Å². The van der Waals surface area contributed by atoms with Gasteiger partial charge in [-0.15, -0.1) is 0 Å². The van der Waals surface area contributed by atoms with E-state index >= 15 is 0 Å². The lowest BCUT2D eigenvalue weighted by Crippen LogP contribution is -2.38. The van der Waals surface area contributed by atoms with Crippen LogP contribution in [0.5, 0.6) is 5.88 Å². The van der Waals surface area contributed by atoms with Crippen molar-refractivity contribution in [3.63, 3.8) is 0 Å². The molecule has 2 aromatic rings. The third kappa shape index (κ3) is 5.39. The van der Waals surface area contributed by atoms with Gasteiger partial charge in [-0.2, -0.15) is 0 Å². The van der Waals surface area contributed by atoms with Crippen LogP contribution in [0.25, 0.3) is 0 Å². The number of rotatable bonds is 8. The minimum absolute atomic E-state index is 0.0686. The zero-order valence-corrected chi connectivity index (χ0v) is 18.9. The minimum Gasteiger partial charge on any atom is -0.474 e. The molecule has 1 aromatic carbocycles. The third-order valence-corrected chi connectivity index (χ3v) is 6.37. The predicted octanol–water partition coefficient (Wildman–Crippen LogP) is 4.71. The molecule has 3 N–H and O–H groups in total. The van der Waals surface area contributed by atoms with Crippen LogP contribution < -0.4 is 15.8 Å². The quantitative estimate of drug-likeness (QED) is 0.573. The monoisotopic (exact) mass is 443 g/mol. The smallest absolute Gasteiger partial charge is 0.223 e. The van der Waals surface area contributed by atoms with Gasteiger partial charge in [0.25, 0.3) is 0 Å². The Bertz CT molecular complexity index is 950. The average molecular weight is 444 g/mol. The Morgan fingerprint density at radius 1 is 1.35 bits per heavy atom. The van der Waals surface area contributed by atoms with Crippen molar-refractivity contribution in [1.29, 1.82) is 0 Å². The van der Waals surface area contributed by atoms with Gasteiger partial charge >= 0.3 is 0 Å². The summed E-state index contributed by atoms with van der Waals surface area (Å²) in [6, 6.07) is 5.53. The van der Waals surface area contributed by atoms with Gasteiger partial charge in [-0.3, -0.25) is 4.79 Å². The molecule has 2 atom stereocenters. The van der Waals surface area contributed by atoms with Gasteiger partial charge in [0.15, 0.2) is 0 Å². The summed E-state index contributed by atoms with van der Waals surface area (Å²) in [4.78, 5) is 23.3. The Labute approximate surface area is 188 Å². The van der Waals surface area contributed by atoms with Crippen molar-refractivity contribution in [3.05, 3.63) is 35.1 Å². The summed E-state index contributed by atoms with van der Waals surface area (Å²) in [6.07, 6.45) is 7.42. The van der Waals surface area contributed by atoms with Gasteiger partial charge in [0.1, 0.15) is 12.1 Å². The molecule has 8 heteroatoms. The highest BCUT2D eigenvalue weighted by Gasteiger charge is 2.33. The number of nitrogens with two attached hydrogens (primary N) is 1. The van der Waals surface area contributed by atoms with E-state index in [4.69, 9.17) is 22.1 Å². The molecule has 2 heterocycles. The van der Waals surface area contributed by atoms with Crippen molar-refractivity contribution in [1.82, 2.24) is 14.9 Å². The van der Waals surface area contributed by atoms with Gasteiger partial charge in [0.05, 0.1) is 22.4 Å². The van der Waals surface area contributed by atoms with Gasteiger partial charge in [0, 0.05) is 31.1 Å². The van der Waals surface area contributed by atoms with Crippen LogP contribution in [0, 0.1) is 12.8 Å². The largest absolute Gasteiger partial charge is 0.474 e. The van der Waals surface area contributed by atoms with E-state index in [1.165, 1.54) is 19.2 Å². The van der Waals surface area contributed by atoms with Gasteiger partial charge < -0.3 is 20.7 Å². The number of ether oxygens (including phenoxy) is 1. The summed E-state index contributed by atoms with van der Waals surface area (Å²) >= 11 is 6.28. The molecule has 1 unspecified atom stereocenters. The number of aromatic nitrogens is 2. The molecule has 7 nitrogen and oxygen atoms in total. The highest BCUT2D eigenvalue weighted by atomic mass is 35.5. The summed E-state index contributed by atoms with van der Waals surface area (Å²) in [6.45, 7) is 4.82. The van der Waals surface area contributed by atoms with E-state index in [9.17, 15) is 4.79 Å². The van der Waals surface area contributed by atoms with Crippen LogP contribution in [-0.2, 0) is 4.79 Å². The maximum Gasteiger partial charge on any atom is 0.223 e. The lowest BCUT2D eigenvalue weighted by molar-refractivity contribution is -0.132. The van der Waals surface area contributed by atoms with Gasteiger partial charge in [-0.25, -0.2) is 9.97 Å². The van der Waals surface area contributed by atoms with Crippen LogP contribution in [0.3, 0.4) is 0 Å². The number of hydrogen-bond acceptors (Lipinski definition) is 6. The van der Waals surface area contributed by atoms with Crippen molar-refractivity contribution in [3.8, 4) is 5.88 Å². The fourth-order valence-electron chi connectivity index (χ4n) is 4.16. The summed E-state index contributed by atoms with van der Waals surface area (Å²) < 4.78 is 6.17. The molecule has 2 fully saturated rings. The van der Waals surface area contributed by atoms with Gasteiger partial charge in [-0.05, 0) is 63.6 Å². The second-order valence-electron chi connectivity index (χ2n) is 8.71. The minimum atomic E-state index is -0.0686. The highest BCUT2D eigenvalue weighted by Crippen LogP contribution is 2.35. The molecule has 0 bridgehead atoms. The normalized spacial score (nSPS) is 19.3. The SMILES string of the molecule is Cc1c(Nc2ccc(N)cc2Cl)ncnc1O[C@H](C)CC1CCCN1C(=O)CC1CC1. The number of nitrogens with one attached hydrogen (secondary N) is 1. The molecule has 1 saturated heterocycles. The first-order valence-electron chi connectivity index (χ1n) is 11.0. The number of carbonyl (C=O) groups excluding carboxylic acids is 1. The van der Waals surface area contributed by atoms with Crippen LogP contribution in [0.4, 0.5) is 17.2 Å². The number of amides is 1. The zero-order valence-electron chi connectivity index (χ0n) is 18.1. The molecule has 1 aliphatic carbocycles. The average Bonchev–Trinajstić information content (AvgIpc) is 3.41. The Balaban J connectivity index is 1.39. The first-order valence-corrected chi connectivity index (χ1v) is 11.4. The number of nitrogens with zero attached hydrogens (tertiary/aromatic N) is 3. The standard InChI is InChI=1S/C23H30ClN5O2/c1-14(10-18-4-3-9-29(18)21(30)11-16-5-6-16)31-23-15(2)22(26-13-27-23)28-20-8-7-17(25)12-19(20)24/h7-8,12-14,16,18H,3-6,9-11,25H2,1-2H3,(H,26,27,28)/t14-,18?/m1/s1. The number of halogens is 1. The van der Waals surface area contributed by atoms with Crippen molar-refractivity contribution in [2.24, 2.45) is 5.92 Å². The molecule has 31 heavy (non-hydrogen) atoms. The molecule has 1 saturated carbocycles. The van der Waals surface area contributed by atoms with E-state index < -0.39 is 0 Å². The van der Waals surface area contributed by atoms with E-state index in [0.29, 0.717) is 46.3 Å². The molecule has 0 radical (unpaired) electrons. The summed E-state index contributed by atoms with van der Waals surface area (Å²) in [5, 5.41) is 3.75. The van der Waals surface area contributed by atoms with Crippen molar-refractivity contribution in [2.45, 2.75) is 64.5 Å². The molecule has 4 rings (SSSR count). The van der Waals surface area contributed by atoms with Crippen molar-refractivity contribution in [2.75, 3.05) is 17.6 Å². The zero-order chi connectivity index (χ0) is 22.0. The van der Waals surface area contributed by atoms with E-state index in [2.05, 4.69) is 20.2 Å². The Morgan fingerprint density at radius 3 is 2.90 bits per heavy atom. The number of likely N-dealkylation sites (tertiary alicyclic amines) is 1. The van der Waals surface area contributed by atoms with E-state index in [-0.39, 0.29) is 12.1 Å². The Morgan fingerprint density at radius 2 is 2.16 bits per heavy atom. The number of nitrogen functional groups attached to an aromatic ring is 1. The van der Waals surface area contributed by atoms with Crippen LogP contribution in [-0.4, -0.2) is 39.5 Å². The van der Waals surface area contributed by atoms with Gasteiger partial charge in [-0.1, -0.05) is 11.6 Å². The number of carbonyl (C=O) groups is 1. The number of hydrogen-bond donors (Lipinski definition) is 2. The lowest BCUT2D eigenvalue weighted by atomic mass is 10.1.